The first-order valence-corrected chi connectivity index (χ1v) is 7.79. The van der Waals surface area contributed by atoms with Crippen molar-refractivity contribution in [2.24, 2.45) is 0 Å². The molecule has 2 aromatic rings. The van der Waals surface area contributed by atoms with Gasteiger partial charge in [-0.2, -0.15) is 5.10 Å². The summed E-state index contributed by atoms with van der Waals surface area (Å²) in [6.45, 7) is 8.36. The van der Waals surface area contributed by atoms with Gasteiger partial charge in [0.15, 0.2) is 5.69 Å². The van der Waals surface area contributed by atoms with Gasteiger partial charge >= 0.3 is 5.97 Å². The number of hydrogen-bond acceptors (Lipinski definition) is 4. The SMILES string of the molecule is CCOC(=O)c1cc(C(C)(C)C)nn1-c1ccc(N(C)C)cc1. The van der Waals surface area contributed by atoms with E-state index >= 15 is 0 Å². The molecule has 124 valence electrons. The maximum atomic E-state index is 12.3. The van der Waals surface area contributed by atoms with Crippen LogP contribution in [-0.2, 0) is 10.2 Å². The van der Waals surface area contributed by atoms with Crippen molar-refractivity contribution in [2.75, 3.05) is 25.6 Å². The molecule has 0 bridgehead atoms. The Balaban J connectivity index is 2.50. The summed E-state index contributed by atoms with van der Waals surface area (Å²) < 4.78 is 6.83. The first-order valence-electron chi connectivity index (χ1n) is 7.79. The molecule has 23 heavy (non-hydrogen) atoms. The van der Waals surface area contributed by atoms with Crippen molar-refractivity contribution in [1.82, 2.24) is 9.78 Å². The van der Waals surface area contributed by atoms with Crippen molar-refractivity contribution in [3.8, 4) is 5.69 Å². The largest absolute Gasteiger partial charge is 0.461 e. The molecule has 0 amide bonds. The third-order valence-electron chi connectivity index (χ3n) is 3.57. The van der Waals surface area contributed by atoms with Gasteiger partial charge in [-0.15, -0.1) is 0 Å². The number of carbonyl (C=O) groups is 1. The van der Waals surface area contributed by atoms with E-state index in [1.165, 1.54) is 0 Å². The molecule has 0 spiro atoms. The van der Waals surface area contributed by atoms with Crippen LogP contribution >= 0.6 is 0 Å². The van der Waals surface area contributed by atoms with Gasteiger partial charge in [0.2, 0.25) is 0 Å². The highest BCUT2D eigenvalue weighted by Crippen LogP contribution is 2.25. The maximum Gasteiger partial charge on any atom is 0.357 e. The Hall–Kier alpha value is -2.30. The van der Waals surface area contributed by atoms with E-state index in [4.69, 9.17) is 4.74 Å². The zero-order valence-corrected chi connectivity index (χ0v) is 14.8. The monoisotopic (exact) mass is 315 g/mol. The van der Waals surface area contributed by atoms with Gasteiger partial charge in [-0.1, -0.05) is 20.8 Å². The molecule has 0 saturated heterocycles. The number of carbonyl (C=O) groups excluding carboxylic acids is 1. The van der Waals surface area contributed by atoms with E-state index in [-0.39, 0.29) is 11.4 Å². The highest BCUT2D eigenvalue weighted by Gasteiger charge is 2.24. The molecule has 0 atom stereocenters. The Kier molecular flexibility index (Phi) is 4.78. The van der Waals surface area contributed by atoms with Crippen LogP contribution in [0.1, 0.15) is 43.9 Å². The van der Waals surface area contributed by atoms with E-state index in [1.54, 1.807) is 11.6 Å². The van der Waals surface area contributed by atoms with Gasteiger partial charge in [0.25, 0.3) is 0 Å². The minimum absolute atomic E-state index is 0.143. The Morgan fingerprint density at radius 3 is 2.30 bits per heavy atom. The average molecular weight is 315 g/mol. The van der Waals surface area contributed by atoms with Gasteiger partial charge < -0.3 is 9.64 Å². The van der Waals surface area contributed by atoms with Crippen molar-refractivity contribution in [3.63, 3.8) is 0 Å². The maximum absolute atomic E-state index is 12.3. The van der Waals surface area contributed by atoms with Crippen molar-refractivity contribution in [3.05, 3.63) is 41.7 Å². The second-order valence-electron chi connectivity index (χ2n) is 6.71. The molecule has 1 aromatic carbocycles. The van der Waals surface area contributed by atoms with Crippen molar-refractivity contribution < 1.29 is 9.53 Å². The smallest absolute Gasteiger partial charge is 0.357 e. The predicted octanol–water partition coefficient (Wildman–Crippen LogP) is 3.41. The Labute approximate surface area is 137 Å². The lowest BCUT2D eigenvalue weighted by Crippen LogP contribution is -2.13. The lowest BCUT2D eigenvalue weighted by atomic mass is 9.92. The Morgan fingerprint density at radius 1 is 1.22 bits per heavy atom. The second-order valence-corrected chi connectivity index (χ2v) is 6.71. The molecule has 0 aliphatic carbocycles. The van der Waals surface area contributed by atoms with Crippen LogP contribution < -0.4 is 4.90 Å². The van der Waals surface area contributed by atoms with E-state index in [1.807, 2.05) is 49.3 Å². The normalized spacial score (nSPS) is 11.4. The van der Waals surface area contributed by atoms with Crippen LogP contribution in [0.2, 0.25) is 0 Å². The first kappa shape index (κ1) is 17.1. The Morgan fingerprint density at radius 2 is 1.83 bits per heavy atom. The van der Waals surface area contributed by atoms with E-state index in [0.717, 1.165) is 17.1 Å². The number of ether oxygens (including phenoxy) is 1. The number of anilines is 1. The average Bonchev–Trinajstić information content (AvgIpc) is 2.93. The third kappa shape index (κ3) is 3.73. The third-order valence-corrected chi connectivity index (χ3v) is 3.57. The minimum atomic E-state index is -0.354. The fraction of sp³-hybridized carbons (Fsp3) is 0.444. The molecule has 1 aromatic heterocycles. The zero-order chi connectivity index (χ0) is 17.2. The number of nitrogens with zero attached hydrogens (tertiary/aromatic N) is 3. The van der Waals surface area contributed by atoms with E-state index in [9.17, 15) is 4.79 Å². The van der Waals surface area contributed by atoms with Gasteiger partial charge in [-0.25, -0.2) is 9.48 Å². The molecular weight excluding hydrogens is 290 g/mol. The molecule has 5 nitrogen and oxygen atoms in total. The van der Waals surface area contributed by atoms with Crippen LogP contribution in [0.4, 0.5) is 5.69 Å². The standard InChI is InChI=1S/C18H25N3O2/c1-7-23-17(22)15-12-16(18(2,3)4)19-21(15)14-10-8-13(9-11-14)20(5)6/h8-12H,7H2,1-6H3. The fourth-order valence-corrected chi connectivity index (χ4v) is 2.19. The highest BCUT2D eigenvalue weighted by molar-refractivity contribution is 5.88. The molecule has 0 aliphatic heterocycles. The van der Waals surface area contributed by atoms with Gasteiger partial charge in [0.05, 0.1) is 18.0 Å². The van der Waals surface area contributed by atoms with Gasteiger partial charge in [0, 0.05) is 25.2 Å². The second kappa shape index (κ2) is 6.44. The summed E-state index contributed by atoms with van der Waals surface area (Å²) in [6, 6.07) is 9.73. The number of benzene rings is 1. The van der Waals surface area contributed by atoms with Crippen LogP contribution in [0.15, 0.2) is 30.3 Å². The highest BCUT2D eigenvalue weighted by atomic mass is 16.5. The van der Waals surface area contributed by atoms with Crippen molar-refractivity contribution >= 4 is 11.7 Å². The molecule has 0 N–H and O–H groups in total. The molecule has 0 unspecified atom stereocenters. The zero-order valence-electron chi connectivity index (χ0n) is 14.8. The van der Waals surface area contributed by atoms with Crippen LogP contribution in [-0.4, -0.2) is 36.5 Å². The molecule has 0 radical (unpaired) electrons. The Bertz CT molecular complexity index is 679. The molecule has 5 heteroatoms. The van der Waals surface area contributed by atoms with E-state index in [0.29, 0.717) is 12.3 Å². The summed E-state index contributed by atoms with van der Waals surface area (Å²) in [5.41, 5.74) is 3.10. The van der Waals surface area contributed by atoms with E-state index in [2.05, 4.69) is 25.9 Å². The number of aromatic nitrogens is 2. The van der Waals surface area contributed by atoms with Gasteiger partial charge in [-0.3, -0.25) is 0 Å². The van der Waals surface area contributed by atoms with Gasteiger partial charge in [0.1, 0.15) is 0 Å². The van der Waals surface area contributed by atoms with E-state index < -0.39 is 0 Å². The molecule has 2 rings (SSSR count). The van der Waals surface area contributed by atoms with Crippen LogP contribution in [0, 0.1) is 0 Å². The van der Waals surface area contributed by atoms with Crippen molar-refractivity contribution in [2.45, 2.75) is 33.1 Å². The lowest BCUT2D eigenvalue weighted by molar-refractivity contribution is 0.0515. The van der Waals surface area contributed by atoms with Gasteiger partial charge in [-0.05, 0) is 37.3 Å². The summed E-state index contributed by atoms with van der Waals surface area (Å²) in [6.07, 6.45) is 0. The van der Waals surface area contributed by atoms with Crippen molar-refractivity contribution in [1.29, 1.82) is 0 Å². The minimum Gasteiger partial charge on any atom is -0.461 e. The molecule has 1 heterocycles. The number of rotatable bonds is 4. The van der Waals surface area contributed by atoms with Crippen LogP contribution in [0.25, 0.3) is 5.69 Å². The predicted molar refractivity (Wildman–Crippen MR) is 92.5 cm³/mol. The van der Waals surface area contributed by atoms with Crippen LogP contribution in [0.5, 0.6) is 0 Å². The fourth-order valence-electron chi connectivity index (χ4n) is 2.19. The number of esters is 1. The van der Waals surface area contributed by atoms with Crippen LogP contribution in [0.3, 0.4) is 0 Å². The summed E-state index contributed by atoms with van der Waals surface area (Å²) >= 11 is 0. The lowest BCUT2D eigenvalue weighted by Gasteiger charge is -2.15. The summed E-state index contributed by atoms with van der Waals surface area (Å²) in [7, 11) is 3.98. The molecule has 0 fully saturated rings. The topological polar surface area (TPSA) is 47.4 Å². The summed E-state index contributed by atoms with van der Waals surface area (Å²) in [5.74, 6) is -0.354. The molecule has 0 aliphatic rings. The summed E-state index contributed by atoms with van der Waals surface area (Å²) in [4.78, 5) is 14.3. The quantitative estimate of drug-likeness (QED) is 0.811. The molecular formula is C18H25N3O2. The summed E-state index contributed by atoms with van der Waals surface area (Å²) in [5, 5.41) is 4.63. The number of hydrogen-bond donors (Lipinski definition) is 0. The first-order chi connectivity index (χ1) is 10.7. The molecule has 0 saturated carbocycles.